The van der Waals surface area contributed by atoms with Crippen molar-refractivity contribution in [2.75, 3.05) is 27.0 Å². The van der Waals surface area contributed by atoms with Crippen molar-refractivity contribution >= 4 is 30.4 Å². The van der Waals surface area contributed by atoms with E-state index < -0.39 is 0 Å². The minimum atomic E-state index is -0.300. The average molecular weight is 380 g/mol. The van der Waals surface area contributed by atoms with Crippen molar-refractivity contribution in [3.05, 3.63) is 24.3 Å². The SMILES string of the molecule is COc1ccc(B2OC(C)(C)C(C)(C)O2)cc1.CSC1CN(C)C(=O)N1. The second-order valence-corrected chi connectivity index (χ2v) is 8.46. The van der Waals surface area contributed by atoms with Crippen molar-refractivity contribution in [3.63, 3.8) is 0 Å². The summed E-state index contributed by atoms with van der Waals surface area (Å²) in [7, 11) is 3.15. The van der Waals surface area contributed by atoms with Crippen LogP contribution in [0, 0.1) is 0 Å². The minimum Gasteiger partial charge on any atom is -0.497 e. The number of rotatable bonds is 3. The second kappa shape index (κ2) is 8.11. The summed E-state index contributed by atoms with van der Waals surface area (Å²) in [6, 6.07) is 7.82. The highest BCUT2D eigenvalue weighted by Crippen LogP contribution is 2.36. The van der Waals surface area contributed by atoms with Gasteiger partial charge in [-0.25, -0.2) is 4.79 Å². The lowest BCUT2D eigenvalue weighted by Crippen LogP contribution is -2.41. The van der Waals surface area contributed by atoms with Crippen LogP contribution in [0.1, 0.15) is 27.7 Å². The molecule has 1 unspecified atom stereocenters. The zero-order valence-corrected chi connectivity index (χ0v) is 17.5. The van der Waals surface area contributed by atoms with E-state index in [4.69, 9.17) is 14.0 Å². The van der Waals surface area contributed by atoms with E-state index in [9.17, 15) is 4.79 Å². The van der Waals surface area contributed by atoms with Crippen molar-refractivity contribution in [3.8, 4) is 5.75 Å². The van der Waals surface area contributed by atoms with Crippen LogP contribution >= 0.6 is 11.8 Å². The molecule has 2 aliphatic heterocycles. The van der Waals surface area contributed by atoms with Crippen molar-refractivity contribution in [1.29, 1.82) is 0 Å². The summed E-state index contributed by atoms with van der Waals surface area (Å²) in [6.07, 6.45) is 1.99. The van der Waals surface area contributed by atoms with Gasteiger partial charge in [-0.15, -0.1) is 11.8 Å². The van der Waals surface area contributed by atoms with E-state index in [2.05, 4.69) is 33.0 Å². The molecule has 2 aliphatic rings. The fourth-order valence-corrected chi connectivity index (χ4v) is 3.09. The van der Waals surface area contributed by atoms with E-state index in [1.54, 1.807) is 30.8 Å². The Hall–Kier alpha value is -1.38. The summed E-state index contributed by atoms with van der Waals surface area (Å²) >= 11 is 1.67. The summed E-state index contributed by atoms with van der Waals surface area (Å²) in [5.74, 6) is 0.838. The topological polar surface area (TPSA) is 60.0 Å². The number of hydrogen-bond donors (Lipinski definition) is 1. The van der Waals surface area contributed by atoms with Crippen LogP contribution in [0.4, 0.5) is 4.79 Å². The number of hydrogen-bond acceptors (Lipinski definition) is 5. The molecule has 0 aliphatic carbocycles. The highest BCUT2D eigenvalue weighted by atomic mass is 32.2. The van der Waals surface area contributed by atoms with Crippen LogP contribution in [0.5, 0.6) is 5.75 Å². The number of carbonyl (C=O) groups is 1. The first kappa shape index (κ1) is 20.9. The van der Waals surface area contributed by atoms with Crippen molar-refractivity contribution in [2.45, 2.75) is 44.3 Å². The van der Waals surface area contributed by atoms with Gasteiger partial charge in [-0.2, -0.15) is 0 Å². The summed E-state index contributed by atoms with van der Waals surface area (Å²) in [4.78, 5) is 12.4. The number of amides is 2. The monoisotopic (exact) mass is 380 g/mol. The van der Waals surface area contributed by atoms with Crippen molar-refractivity contribution < 1.29 is 18.8 Å². The molecule has 0 spiro atoms. The first-order valence-electron chi connectivity index (χ1n) is 8.63. The van der Waals surface area contributed by atoms with Gasteiger partial charge in [-0.3, -0.25) is 0 Å². The number of nitrogens with one attached hydrogen (secondary N) is 1. The lowest BCUT2D eigenvalue weighted by atomic mass is 9.79. The number of ether oxygens (including phenoxy) is 1. The van der Waals surface area contributed by atoms with Crippen molar-refractivity contribution in [2.24, 2.45) is 0 Å². The quantitative estimate of drug-likeness (QED) is 0.816. The molecule has 1 aromatic rings. The van der Waals surface area contributed by atoms with E-state index in [0.717, 1.165) is 17.8 Å². The van der Waals surface area contributed by atoms with E-state index in [1.165, 1.54) is 0 Å². The molecule has 2 heterocycles. The van der Waals surface area contributed by atoms with Gasteiger partial charge in [0.25, 0.3) is 0 Å². The van der Waals surface area contributed by atoms with E-state index in [-0.39, 0.29) is 24.4 Å². The zero-order chi connectivity index (χ0) is 19.5. The maximum atomic E-state index is 10.7. The molecule has 2 saturated heterocycles. The maximum Gasteiger partial charge on any atom is 0.494 e. The zero-order valence-electron chi connectivity index (χ0n) is 16.7. The van der Waals surface area contributed by atoms with E-state index >= 15 is 0 Å². The summed E-state index contributed by atoms with van der Waals surface area (Å²) in [6.45, 7) is 9.03. The predicted octanol–water partition coefficient (Wildman–Crippen LogP) is 2.32. The van der Waals surface area contributed by atoms with Gasteiger partial charge in [-0.05, 0) is 51.5 Å². The Morgan fingerprint density at radius 1 is 1.19 bits per heavy atom. The molecule has 26 heavy (non-hydrogen) atoms. The molecule has 8 heteroatoms. The highest BCUT2D eigenvalue weighted by Gasteiger charge is 2.51. The molecule has 1 atom stereocenters. The number of methoxy groups -OCH3 is 1. The third kappa shape index (κ3) is 4.66. The third-order valence-electron chi connectivity index (χ3n) is 5.00. The lowest BCUT2D eigenvalue weighted by Gasteiger charge is -2.32. The Balaban J connectivity index is 0.000000228. The van der Waals surface area contributed by atoms with Gasteiger partial charge < -0.3 is 24.3 Å². The maximum absolute atomic E-state index is 10.7. The molecular weight excluding hydrogens is 351 g/mol. The fraction of sp³-hybridized carbons (Fsp3) is 0.611. The molecule has 2 fully saturated rings. The molecule has 3 rings (SSSR count). The Kier molecular flexibility index (Phi) is 6.53. The van der Waals surface area contributed by atoms with Crippen LogP contribution in [-0.4, -0.2) is 61.6 Å². The number of urea groups is 1. The Morgan fingerprint density at radius 2 is 1.73 bits per heavy atom. The molecular formula is C18H29BN2O4S. The molecule has 0 saturated carbocycles. The normalized spacial score (nSPS) is 23.3. The molecule has 2 amide bonds. The Bertz CT molecular complexity index is 608. The van der Waals surface area contributed by atoms with E-state index in [0.29, 0.717) is 5.37 Å². The van der Waals surface area contributed by atoms with Gasteiger partial charge in [0.2, 0.25) is 0 Å². The number of carbonyl (C=O) groups excluding carboxylic acids is 1. The van der Waals surface area contributed by atoms with Crippen LogP contribution in [0.25, 0.3) is 0 Å². The van der Waals surface area contributed by atoms with Crippen LogP contribution in [0.2, 0.25) is 0 Å². The molecule has 0 bridgehead atoms. The lowest BCUT2D eigenvalue weighted by molar-refractivity contribution is 0.00578. The molecule has 144 valence electrons. The average Bonchev–Trinajstić information content (AvgIpc) is 3.03. The largest absolute Gasteiger partial charge is 0.497 e. The molecule has 0 radical (unpaired) electrons. The van der Waals surface area contributed by atoms with Gasteiger partial charge in [0.05, 0.1) is 30.2 Å². The first-order chi connectivity index (χ1) is 12.1. The van der Waals surface area contributed by atoms with Gasteiger partial charge in [0.1, 0.15) is 5.75 Å². The molecule has 1 aromatic carbocycles. The Labute approximate surface area is 161 Å². The van der Waals surface area contributed by atoms with Crippen LogP contribution < -0.4 is 15.5 Å². The molecule has 6 nitrogen and oxygen atoms in total. The van der Waals surface area contributed by atoms with Crippen LogP contribution in [0.3, 0.4) is 0 Å². The van der Waals surface area contributed by atoms with E-state index in [1.807, 2.05) is 30.5 Å². The van der Waals surface area contributed by atoms with Gasteiger partial charge >= 0.3 is 13.1 Å². The van der Waals surface area contributed by atoms with Gasteiger partial charge in [0.15, 0.2) is 0 Å². The predicted molar refractivity (Wildman–Crippen MR) is 107 cm³/mol. The molecule has 1 N–H and O–H groups in total. The second-order valence-electron chi connectivity index (χ2n) is 7.42. The first-order valence-corrected chi connectivity index (χ1v) is 9.92. The highest BCUT2D eigenvalue weighted by molar-refractivity contribution is 7.99. The third-order valence-corrected chi connectivity index (χ3v) is 5.83. The van der Waals surface area contributed by atoms with Gasteiger partial charge in [-0.1, -0.05) is 12.1 Å². The standard InChI is InChI=1S/C13H19BO3.C5H10N2OS/c1-12(2)13(3,4)17-14(16-12)10-6-8-11(15-5)9-7-10;1-7-3-4(9-2)6-5(7)8/h6-9H,1-5H3;4H,3H2,1-2H3,(H,6,8). The Morgan fingerprint density at radius 3 is 2.08 bits per heavy atom. The minimum absolute atomic E-state index is 0.0364. The van der Waals surface area contributed by atoms with Gasteiger partial charge in [0, 0.05) is 7.05 Å². The summed E-state index contributed by atoms with van der Waals surface area (Å²) in [5.41, 5.74) is 0.430. The summed E-state index contributed by atoms with van der Waals surface area (Å²) < 4.78 is 17.1. The van der Waals surface area contributed by atoms with Crippen molar-refractivity contribution in [1.82, 2.24) is 10.2 Å². The summed E-state index contributed by atoms with van der Waals surface area (Å²) in [5, 5.41) is 3.10. The number of benzene rings is 1. The fourth-order valence-electron chi connectivity index (χ4n) is 2.50. The smallest absolute Gasteiger partial charge is 0.494 e. The number of thioether (sulfide) groups is 1. The van der Waals surface area contributed by atoms with Crippen LogP contribution in [-0.2, 0) is 9.31 Å². The van der Waals surface area contributed by atoms with Crippen LogP contribution in [0.15, 0.2) is 24.3 Å². The number of likely N-dealkylation sites (N-methyl/N-ethyl adjacent to an activating group) is 1. The number of nitrogens with zero attached hydrogens (tertiary/aromatic N) is 1. The molecule has 0 aromatic heterocycles.